The molecule has 1 heterocycles. The molecule has 1 saturated carbocycles. The average Bonchev–Trinajstić information content (AvgIpc) is 2.93. The summed E-state index contributed by atoms with van der Waals surface area (Å²) < 4.78 is 0. The molecule has 3 amide bonds. The lowest BCUT2D eigenvalue weighted by atomic mass is 9.81. The summed E-state index contributed by atoms with van der Waals surface area (Å²) in [5.74, 6) is 0.184. The van der Waals surface area contributed by atoms with Crippen molar-refractivity contribution < 1.29 is 14.4 Å². The molecule has 0 bridgehead atoms. The second kappa shape index (κ2) is 11.0. The molecule has 136 valence electrons. The maximum absolute atomic E-state index is 12.1. The van der Waals surface area contributed by atoms with Gasteiger partial charge in [0.2, 0.25) is 5.91 Å². The first-order chi connectivity index (χ1) is 11.6. The van der Waals surface area contributed by atoms with Crippen molar-refractivity contribution in [1.82, 2.24) is 10.2 Å². The van der Waals surface area contributed by atoms with Crippen molar-refractivity contribution in [3.63, 3.8) is 0 Å². The molecule has 5 heteroatoms. The lowest BCUT2D eigenvalue weighted by molar-refractivity contribution is -0.138. The number of unbranched alkanes of at least 4 members (excludes halogenated alkanes) is 2. The fourth-order valence-electron chi connectivity index (χ4n) is 3.21. The van der Waals surface area contributed by atoms with E-state index < -0.39 is 0 Å². The molecule has 1 fully saturated rings. The first-order valence-corrected chi connectivity index (χ1v) is 9.43. The van der Waals surface area contributed by atoms with Crippen LogP contribution in [-0.4, -0.2) is 35.7 Å². The van der Waals surface area contributed by atoms with Gasteiger partial charge in [-0.15, -0.1) is 0 Å². The molecule has 0 aromatic heterocycles. The van der Waals surface area contributed by atoms with E-state index in [0.29, 0.717) is 12.5 Å². The smallest absolute Gasteiger partial charge is 0.253 e. The van der Waals surface area contributed by atoms with Crippen molar-refractivity contribution in [1.29, 1.82) is 0 Å². The third-order valence-corrected chi connectivity index (χ3v) is 4.64. The predicted molar refractivity (Wildman–Crippen MR) is 95.2 cm³/mol. The zero-order valence-corrected chi connectivity index (χ0v) is 15.3. The van der Waals surface area contributed by atoms with Gasteiger partial charge in [-0.05, 0) is 38.0 Å². The summed E-state index contributed by atoms with van der Waals surface area (Å²) in [6.07, 6.45) is 9.54. The van der Waals surface area contributed by atoms with E-state index in [1.54, 1.807) is 0 Å². The number of imide groups is 1. The predicted octanol–water partition coefficient (Wildman–Crippen LogP) is 3.05. The highest BCUT2D eigenvalue weighted by atomic mass is 16.2. The monoisotopic (exact) mass is 336 g/mol. The zero-order valence-electron chi connectivity index (χ0n) is 15.3. The van der Waals surface area contributed by atoms with Crippen LogP contribution in [0.5, 0.6) is 0 Å². The third kappa shape index (κ3) is 6.10. The quantitative estimate of drug-likeness (QED) is 0.574. The van der Waals surface area contributed by atoms with Gasteiger partial charge < -0.3 is 5.32 Å². The minimum atomic E-state index is -0.208. The largest absolute Gasteiger partial charge is 0.356 e. The summed E-state index contributed by atoms with van der Waals surface area (Å²) in [6, 6.07) is 0. The maximum Gasteiger partial charge on any atom is 0.253 e. The standard InChI is InChI=1S/C17H26N2O3.C2H6/c1-2-3-4-11-18-17(22)14-7-5-13(6-8-14)12-19-15(20)9-10-16(19)21;1-2/h9-10,13-14H,2-8,11-12H2,1H3,(H,18,22);1-2H3. The van der Waals surface area contributed by atoms with Crippen LogP contribution < -0.4 is 5.32 Å². The molecule has 0 aromatic carbocycles. The van der Waals surface area contributed by atoms with Gasteiger partial charge in [0.05, 0.1) is 0 Å². The molecule has 0 saturated heterocycles. The maximum atomic E-state index is 12.1. The van der Waals surface area contributed by atoms with Gasteiger partial charge in [0, 0.05) is 31.2 Å². The summed E-state index contributed by atoms with van der Waals surface area (Å²) in [5.41, 5.74) is 0. The minimum Gasteiger partial charge on any atom is -0.356 e. The van der Waals surface area contributed by atoms with Crippen LogP contribution in [-0.2, 0) is 14.4 Å². The van der Waals surface area contributed by atoms with E-state index in [2.05, 4.69) is 12.2 Å². The van der Waals surface area contributed by atoms with Crippen molar-refractivity contribution in [3.05, 3.63) is 12.2 Å². The van der Waals surface area contributed by atoms with Gasteiger partial charge in [-0.2, -0.15) is 0 Å². The molecule has 0 atom stereocenters. The average molecular weight is 336 g/mol. The topological polar surface area (TPSA) is 66.5 Å². The molecule has 5 nitrogen and oxygen atoms in total. The molecule has 0 spiro atoms. The van der Waals surface area contributed by atoms with Gasteiger partial charge in [0.1, 0.15) is 0 Å². The number of carbonyl (C=O) groups excluding carboxylic acids is 3. The summed E-state index contributed by atoms with van der Waals surface area (Å²) >= 11 is 0. The molecule has 0 unspecified atom stereocenters. The molecular weight excluding hydrogens is 304 g/mol. The number of carbonyl (C=O) groups is 3. The zero-order chi connectivity index (χ0) is 17.9. The Bertz CT molecular complexity index is 434. The van der Waals surface area contributed by atoms with Gasteiger partial charge in [-0.25, -0.2) is 0 Å². The number of nitrogens with one attached hydrogen (secondary N) is 1. The Morgan fingerprint density at radius 1 is 1.08 bits per heavy atom. The second-order valence-corrected chi connectivity index (χ2v) is 6.34. The number of amides is 3. The van der Waals surface area contributed by atoms with Crippen LogP contribution in [0.15, 0.2) is 12.2 Å². The molecule has 1 aliphatic carbocycles. The number of rotatable bonds is 7. The Kier molecular flexibility index (Phi) is 9.35. The SMILES string of the molecule is CC.CCCCCNC(=O)C1CCC(CN2C(=O)C=CC2=O)CC1. The molecule has 2 rings (SSSR count). The molecular formula is C19H32N2O3. The fraction of sp³-hybridized carbons (Fsp3) is 0.737. The molecule has 2 aliphatic rings. The molecule has 0 aromatic rings. The van der Waals surface area contributed by atoms with Crippen molar-refractivity contribution in [3.8, 4) is 0 Å². The Morgan fingerprint density at radius 3 is 2.21 bits per heavy atom. The Hall–Kier alpha value is -1.65. The van der Waals surface area contributed by atoms with Crippen LogP contribution in [0.1, 0.15) is 65.7 Å². The van der Waals surface area contributed by atoms with Crippen LogP contribution >= 0.6 is 0 Å². The van der Waals surface area contributed by atoms with E-state index >= 15 is 0 Å². The van der Waals surface area contributed by atoms with Crippen molar-refractivity contribution >= 4 is 17.7 Å². The van der Waals surface area contributed by atoms with E-state index in [1.165, 1.54) is 17.1 Å². The van der Waals surface area contributed by atoms with Crippen LogP contribution in [0, 0.1) is 11.8 Å². The summed E-state index contributed by atoms with van der Waals surface area (Å²) in [4.78, 5) is 36.5. The van der Waals surface area contributed by atoms with E-state index in [1.807, 2.05) is 13.8 Å². The van der Waals surface area contributed by atoms with E-state index in [0.717, 1.165) is 51.5 Å². The Balaban J connectivity index is 0.00000139. The summed E-state index contributed by atoms with van der Waals surface area (Å²) in [6.45, 7) is 7.42. The van der Waals surface area contributed by atoms with E-state index in [-0.39, 0.29) is 23.6 Å². The Labute approximate surface area is 145 Å². The van der Waals surface area contributed by atoms with Crippen LogP contribution in [0.3, 0.4) is 0 Å². The first kappa shape index (κ1) is 20.4. The second-order valence-electron chi connectivity index (χ2n) is 6.34. The van der Waals surface area contributed by atoms with Crippen molar-refractivity contribution in [2.75, 3.05) is 13.1 Å². The number of hydrogen-bond acceptors (Lipinski definition) is 3. The third-order valence-electron chi connectivity index (χ3n) is 4.64. The van der Waals surface area contributed by atoms with Crippen molar-refractivity contribution in [2.24, 2.45) is 11.8 Å². The van der Waals surface area contributed by atoms with E-state index in [9.17, 15) is 14.4 Å². The van der Waals surface area contributed by atoms with E-state index in [4.69, 9.17) is 0 Å². The summed E-state index contributed by atoms with van der Waals surface area (Å²) in [7, 11) is 0. The fourth-order valence-corrected chi connectivity index (χ4v) is 3.21. The lowest BCUT2D eigenvalue weighted by Gasteiger charge is -2.30. The van der Waals surface area contributed by atoms with Gasteiger partial charge in [-0.3, -0.25) is 19.3 Å². The van der Waals surface area contributed by atoms with Gasteiger partial charge >= 0.3 is 0 Å². The highest BCUT2D eigenvalue weighted by molar-refractivity contribution is 6.12. The van der Waals surface area contributed by atoms with Crippen molar-refractivity contribution in [2.45, 2.75) is 65.7 Å². The number of nitrogens with zero attached hydrogens (tertiary/aromatic N) is 1. The lowest BCUT2D eigenvalue weighted by Crippen LogP contribution is -2.38. The van der Waals surface area contributed by atoms with Gasteiger partial charge in [0.15, 0.2) is 0 Å². The Morgan fingerprint density at radius 2 is 1.67 bits per heavy atom. The highest BCUT2D eigenvalue weighted by Crippen LogP contribution is 2.30. The van der Waals surface area contributed by atoms with Crippen LogP contribution in [0.25, 0.3) is 0 Å². The van der Waals surface area contributed by atoms with Crippen LogP contribution in [0.4, 0.5) is 0 Å². The van der Waals surface area contributed by atoms with Gasteiger partial charge in [-0.1, -0.05) is 33.6 Å². The molecule has 24 heavy (non-hydrogen) atoms. The van der Waals surface area contributed by atoms with Gasteiger partial charge in [0.25, 0.3) is 11.8 Å². The normalized spacial score (nSPS) is 23.0. The molecule has 1 N–H and O–H groups in total. The molecule has 0 radical (unpaired) electrons. The van der Waals surface area contributed by atoms with Crippen LogP contribution in [0.2, 0.25) is 0 Å². The number of hydrogen-bond donors (Lipinski definition) is 1. The molecule has 1 aliphatic heterocycles. The first-order valence-electron chi connectivity index (χ1n) is 9.43. The minimum absolute atomic E-state index is 0.0981. The summed E-state index contributed by atoms with van der Waals surface area (Å²) in [5, 5.41) is 3.02. The highest BCUT2D eigenvalue weighted by Gasteiger charge is 2.30.